The second kappa shape index (κ2) is 6.79. The number of hydrogen-bond acceptors (Lipinski definition) is 4. The average Bonchev–Trinajstić information content (AvgIpc) is 2.99. The molecule has 0 radical (unpaired) electrons. The van der Waals surface area contributed by atoms with Crippen molar-refractivity contribution in [2.24, 2.45) is 0 Å². The highest BCUT2D eigenvalue weighted by molar-refractivity contribution is 7.85. The number of imidazole rings is 1. The van der Waals surface area contributed by atoms with Crippen LogP contribution in [-0.2, 0) is 10.8 Å². The number of benzene rings is 1. The Bertz CT molecular complexity index is 749. The van der Waals surface area contributed by atoms with Crippen molar-refractivity contribution in [1.29, 1.82) is 0 Å². The van der Waals surface area contributed by atoms with Crippen LogP contribution in [-0.4, -0.2) is 30.1 Å². The molecule has 0 aliphatic heterocycles. The summed E-state index contributed by atoms with van der Waals surface area (Å²) in [5.41, 5.74) is 2.61. The van der Waals surface area contributed by atoms with Crippen molar-refractivity contribution in [3.8, 4) is 11.4 Å². The lowest BCUT2D eigenvalue weighted by molar-refractivity contribution is 0.676. The fourth-order valence-electron chi connectivity index (χ4n) is 2.28. The Labute approximate surface area is 131 Å². The topological polar surface area (TPSA) is 71.5 Å². The monoisotopic (exact) mass is 314 g/mol. The minimum Gasteiger partial charge on any atom is -0.337 e. The maximum absolute atomic E-state index is 12.2. The number of nitrogens with zero attached hydrogens (tertiary/aromatic N) is 3. The molecule has 0 saturated heterocycles. The lowest BCUT2D eigenvalue weighted by Crippen LogP contribution is -1.98. The Morgan fingerprint density at radius 2 is 1.86 bits per heavy atom. The van der Waals surface area contributed by atoms with Crippen LogP contribution in [0.2, 0.25) is 0 Å². The van der Waals surface area contributed by atoms with Gasteiger partial charge in [-0.3, -0.25) is 4.21 Å². The van der Waals surface area contributed by atoms with Gasteiger partial charge in [-0.05, 0) is 18.6 Å². The normalized spacial score (nSPS) is 12.6. The van der Waals surface area contributed by atoms with Crippen molar-refractivity contribution in [3.05, 3.63) is 36.7 Å². The molecule has 3 aromatic rings. The molecule has 22 heavy (non-hydrogen) atoms. The largest absolute Gasteiger partial charge is 0.337 e. The van der Waals surface area contributed by atoms with Gasteiger partial charge < -0.3 is 4.98 Å². The molecule has 3 rings (SSSR count). The third kappa shape index (κ3) is 3.22. The minimum absolute atomic E-state index is 0.731. The highest BCUT2D eigenvalue weighted by Crippen LogP contribution is 2.21. The van der Waals surface area contributed by atoms with E-state index in [2.05, 4.69) is 27.1 Å². The van der Waals surface area contributed by atoms with Gasteiger partial charge in [-0.1, -0.05) is 31.9 Å². The first-order chi connectivity index (χ1) is 10.8. The zero-order valence-electron chi connectivity index (χ0n) is 12.5. The van der Waals surface area contributed by atoms with Gasteiger partial charge in [0, 0.05) is 16.2 Å². The predicted octanol–water partition coefficient (Wildman–Crippen LogP) is 3.32. The lowest BCUT2D eigenvalue weighted by atomic mass is 10.2. The van der Waals surface area contributed by atoms with Gasteiger partial charge in [0.1, 0.15) is 11.3 Å². The molecule has 0 aliphatic carbocycles. The highest BCUT2D eigenvalue weighted by atomic mass is 32.2. The first-order valence-electron chi connectivity index (χ1n) is 7.43. The number of hydrogen-bond donors (Lipinski definition) is 1. The molecule has 0 fully saturated rings. The van der Waals surface area contributed by atoms with E-state index in [0.29, 0.717) is 0 Å². The Morgan fingerprint density at radius 3 is 2.59 bits per heavy atom. The molecule has 2 aromatic heterocycles. The van der Waals surface area contributed by atoms with Gasteiger partial charge in [0.05, 0.1) is 28.7 Å². The van der Waals surface area contributed by atoms with E-state index < -0.39 is 10.8 Å². The summed E-state index contributed by atoms with van der Waals surface area (Å²) in [5, 5.41) is 7.65. The van der Waals surface area contributed by atoms with E-state index in [0.717, 1.165) is 52.3 Å². The molecule has 6 heteroatoms. The number of fused-ring (bicyclic) bond motifs is 1. The van der Waals surface area contributed by atoms with E-state index in [9.17, 15) is 4.21 Å². The molecule has 1 unspecified atom stereocenters. The number of unbranched alkanes of at least 4 members (excludes halogenated alkanes) is 2. The van der Waals surface area contributed by atoms with E-state index in [1.807, 2.05) is 24.3 Å². The fraction of sp³-hybridized carbons (Fsp3) is 0.312. The predicted molar refractivity (Wildman–Crippen MR) is 87.9 cm³/mol. The number of aromatic amines is 1. The van der Waals surface area contributed by atoms with Gasteiger partial charge >= 0.3 is 0 Å². The van der Waals surface area contributed by atoms with Crippen LogP contribution >= 0.6 is 0 Å². The van der Waals surface area contributed by atoms with Gasteiger partial charge in [-0.15, -0.1) is 0 Å². The Kier molecular flexibility index (Phi) is 4.58. The van der Waals surface area contributed by atoms with Crippen LogP contribution in [0.15, 0.2) is 41.6 Å². The van der Waals surface area contributed by atoms with Gasteiger partial charge in [0.15, 0.2) is 0 Å². The fourth-order valence-corrected chi connectivity index (χ4v) is 3.42. The second-order valence-corrected chi connectivity index (χ2v) is 6.73. The van der Waals surface area contributed by atoms with Crippen LogP contribution in [0.25, 0.3) is 22.4 Å². The van der Waals surface area contributed by atoms with Crippen molar-refractivity contribution in [1.82, 2.24) is 20.2 Å². The maximum atomic E-state index is 12.2. The molecule has 114 valence electrons. The molecule has 0 aliphatic rings. The highest BCUT2D eigenvalue weighted by Gasteiger charge is 2.07. The summed E-state index contributed by atoms with van der Waals surface area (Å²) in [7, 11) is -0.915. The number of nitrogens with one attached hydrogen (secondary N) is 1. The summed E-state index contributed by atoms with van der Waals surface area (Å²) < 4.78 is 12.2. The van der Waals surface area contributed by atoms with E-state index >= 15 is 0 Å². The van der Waals surface area contributed by atoms with Crippen molar-refractivity contribution in [2.75, 3.05) is 5.75 Å². The van der Waals surface area contributed by atoms with Crippen molar-refractivity contribution in [3.63, 3.8) is 0 Å². The molecule has 2 heterocycles. The van der Waals surface area contributed by atoms with Gasteiger partial charge in [-0.25, -0.2) is 4.98 Å². The van der Waals surface area contributed by atoms with Crippen LogP contribution in [0.4, 0.5) is 0 Å². The smallest absolute Gasteiger partial charge is 0.138 e. The Hall–Kier alpha value is -2.08. The quantitative estimate of drug-likeness (QED) is 0.708. The molecule has 0 spiro atoms. The minimum atomic E-state index is -0.915. The Morgan fingerprint density at radius 1 is 1.09 bits per heavy atom. The van der Waals surface area contributed by atoms with Gasteiger partial charge in [0.2, 0.25) is 0 Å². The van der Waals surface area contributed by atoms with Crippen molar-refractivity contribution in [2.45, 2.75) is 31.1 Å². The van der Waals surface area contributed by atoms with E-state index in [1.54, 1.807) is 12.4 Å². The van der Waals surface area contributed by atoms with Crippen molar-refractivity contribution < 1.29 is 4.21 Å². The summed E-state index contributed by atoms with van der Waals surface area (Å²) in [4.78, 5) is 8.57. The van der Waals surface area contributed by atoms with Crippen LogP contribution in [0, 0.1) is 0 Å². The Balaban J connectivity index is 1.77. The third-order valence-corrected chi connectivity index (χ3v) is 4.98. The lowest BCUT2D eigenvalue weighted by Gasteiger charge is -2.03. The van der Waals surface area contributed by atoms with Crippen LogP contribution in [0.1, 0.15) is 26.2 Å². The summed E-state index contributed by atoms with van der Waals surface area (Å²) in [6.07, 6.45) is 6.57. The molecular weight excluding hydrogens is 296 g/mol. The average molecular weight is 314 g/mol. The molecule has 0 amide bonds. The number of H-pyrrole nitrogens is 1. The summed E-state index contributed by atoms with van der Waals surface area (Å²) in [6.45, 7) is 2.15. The van der Waals surface area contributed by atoms with E-state index in [-0.39, 0.29) is 0 Å². The van der Waals surface area contributed by atoms with Crippen LogP contribution in [0.5, 0.6) is 0 Å². The van der Waals surface area contributed by atoms with E-state index in [1.165, 1.54) is 0 Å². The van der Waals surface area contributed by atoms with Crippen molar-refractivity contribution >= 4 is 21.8 Å². The SMILES string of the molecule is CCCCCS(=O)c1ccc(-c2nc3cnncc3[nH]2)cc1. The van der Waals surface area contributed by atoms with Gasteiger partial charge in [0.25, 0.3) is 0 Å². The first-order valence-corrected chi connectivity index (χ1v) is 8.75. The molecule has 1 N–H and O–H groups in total. The number of rotatable bonds is 6. The molecular formula is C16H18N4OS. The summed E-state index contributed by atoms with van der Waals surface area (Å²) in [6, 6.07) is 7.74. The number of aromatic nitrogens is 4. The molecule has 0 bridgehead atoms. The van der Waals surface area contributed by atoms with Gasteiger partial charge in [-0.2, -0.15) is 10.2 Å². The maximum Gasteiger partial charge on any atom is 0.138 e. The zero-order chi connectivity index (χ0) is 15.4. The molecule has 1 atom stereocenters. The second-order valence-electron chi connectivity index (χ2n) is 5.15. The van der Waals surface area contributed by atoms with Crippen LogP contribution < -0.4 is 0 Å². The summed E-state index contributed by atoms with van der Waals surface area (Å²) in [5.74, 6) is 1.50. The zero-order valence-corrected chi connectivity index (χ0v) is 13.3. The molecule has 1 aromatic carbocycles. The van der Waals surface area contributed by atoms with Crippen LogP contribution in [0.3, 0.4) is 0 Å². The third-order valence-electron chi connectivity index (χ3n) is 3.52. The van der Waals surface area contributed by atoms with E-state index in [4.69, 9.17) is 0 Å². The molecule has 0 saturated carbocycles. The molecule has 5 nitrogen and oxygen atoms in total. The standard InChI is InChI=1S/C16H18N4OS/c1-2-3-4-9-22(21)13-7-5-12(6-8-13)16-19-14-10-17-18-11-15(14)20-16/h5-8,10-11H,2-4,9H2,1H3,(H,19,20). The summed E-state index contributed by atoms with van der Waals surface area (Å²) >= 11 is 0. The first kappa shape index (κ1) is 14.8.